The third-order valence-electron chi connectivity index (χ3n) is 3.22. The van der Waals surface area contributed by atoms with Crippen LogP contribution in [0, 0.1) is 5.92 Å². The number of esters is 1. The molecule has 0 saturated carbocycles. The van der Waals surface area contributed by atoms with Crippen LogP contribution in [-0.4, -0.2) is 41.8 Å². The predicted octanol–water partition coefficient (Wildman–Crippen LogP) is 3.28. The normalized spacial score (nSPS) is 12.4. The number of aromatic nitrogens is 2. The Kier molecular flexibility index (Phi) is 5.98. The highest BCUT2D eigenvalue weighted by atomic mass is 35.5. The highest BCUT2D eigenvalue weighted by molar-refractivity contribution is 6.36. The van der Waals surface area contributed by atoms with Gasteiger partial charge in [0, 0.05) is 11.6 Å². The van der Waals surface area contributed by atoms with Gasteiger partial charge < -0.3 is 9.15 Å². The van der Waals surface area contributed by atoms with E-state index in [1.807, 2.05) is 11.9 Å². The quantitative estimate of drug-likeness (QED) is 0.739. The zero-order valence-corrected chi connectivity index (χ0v) is 14.6. The molecule has 1 aromatic carbocycles. The maximum Gasteiger partial charge on any atom is 0.309 e. The molecule has 0 bridgehead atoms. The second-order valence-corrected chi connectivity index (χ2v) is 6.09. The molecule has 1 unspecified atom stereocenters. The highest BCUT2D eigenvalue weighted by Crippen LogP contribution is 2.29. The SMILES string of the molecule is COC(=O)C(C)CN(C)Cc1nnc(-c2ccc(Cl)cc2Cl)o1. The largest absolute Gasteiger partial charge is 0.469 e. The fourth-order valence-corrected chi connectivity index (χ4v) is 2.62. The molecule has 0 spiro atoms. The molecule has 0 saturated heterocycles. The Balaban J connectivity index is 2.03. The first-order chi connectivity index (χ1) is 10.9. The van der Waals surface area contributed by atoms with Gasteiger partial charge in [0.05, 0.1) is 30.2 Å². The first-order valence-corrected chi connectivity index (χ1v) is 7.70. The van der Waals surface area contributed by atoms with Crippen molar-refractivity contribution in [2.24, 2.45) is 5.92 Å². The van der Waals surface area contributed by atoms with Crippen LogP contribution >= 0.6 is 23.2 Å². The smallest absolute Gasteiger partial charge is 0.309 e. The lowest BCUT2D eigenvalue weighted by molar-refractivity contribution is -0.145. The van der Waals surface area contributed by atoms with Crippen molar-refractivity contribution >= 4 is 29.2 Å². The van der Waals surface area contributed by atoms with Gasteiger partial charge in [0.25, 0.3) is 0 Å². The van der Waals surface area contributed by atoms with Crippen LogP contribution in [-0.2, 0) is 16.1 Å². The number of hydrogen-bond donors (Lipinski definition) is 0. The van der Waals surface area contributed by atoms with E-state index >= 15 is 0 Å². The van der Waals surface area contributed by atoms with Crippen LogP contribution in [0.15, 0.2) is 22.6 Å². The monoisotopic (exact) mass is 357 g/mol. The standard InChI is InChI=1S/C15H17Cl2N3O3/c1-9(15(21)22-3)7-20(2)8-13-18-19-14(23-13)11-5-4-10(16)6-12(11)17/h4-6,9H,7-8H2,1-3H3. The van der Waals surface area contributed by atoms with E-state index in [1.54, 1.807) is 25.1 Å². The lowest BCUT2D eigenvalue weighted by Gasteiger charge is -2.17. The Morgan fingerprint density at radius 1 is 1.39 bits per heavy atom. The maximum absolute atomic E-state index is 11.4. The van der Waals surface area contributed by atoms with E-state index in [9.17, 15) is 4.79 Å². The molecule has 0 aliphatic rings. The fraction of sp³-hybridized carbons (Fsp3) is 0.400. The minimum absolute atomic E-state index is 0.238. The van der Waals surface area contributed by atoms with Crippen LogP contribution in [0.1, 0.15) is 12.8 Å². The third-order valence-corrected chi connectivity index (χ3v) is 3.77. The second kappa shape index (κ2) is 7.77. The summed E-state index contributed by atoms with van der Waals surface area (Å²) in [6.07, 6.45) is 0. The predicted molar refractivity (Wildman–Crippen MR) is 87.3 cm³/mol. The molecule has 0 aliphatic heterocycles. The zero-order valence-electron chi connectivity index (χ0n) is 13.0. The van der Waals surface area contributed by atoms with Gasteiger partial charge in [-0.15, -0.1) is 10.2 Å². The molecule has 0 amide bonds. The van der Waals surface area contributed by atoms with Crippen LogP contribution in [0.5, 0.6) is 0 Å². The van der Waals surface area contributed by atoms with Crippen LogP contribution in [0.2, 0.25) is 10.0 Å². The first kappa shape index (κ1) is 17.7. The Morgan fingerprint density at radius 3 is 2.78 bits per heavy atom. The van der Waals surface area contributed by atoms with Crippen molar-refractivity contribution in [3.8, 4) is 11.5 Å². The molecule has 6 nitrogen and oxygen atoms in total. The molecule has 1 aromatic heterocycles. The van der Waals surface area contributed by atoms with Crippen molar-refractivity contribution in [2.45, 2.75) is 13.5 Å². The van der Waals surface area contributed by atoms with E-state index in [0.717, 1.165) is 0 Å². The Labute approximate surface area is 144 Å². The summed E-state index contributed by atoms with van der Waals surface area (Å²) in [5, 5.41) is 8.98. The number of benzene rings is 1. The van der Waals surface area contributed by atoms with Crippen molar-refractivity contribution in [1.29, 1.82) is 0 Å². The van der Waals surface area contributed by atoms with Gasteiger partial charge >= 0.3 is 5.97 Å². The van der Waals surface area contributed by atoms with Crippen LogP contribution in [0.4, 0.5) is 0 Å². The fourth-order valence-electron chi connectivity index (χ4n) is 2.13. The lowest BCUT2D eigenvalue weighted by Crippen LogP contribution is -2.29. The summed E-state index contributed by atoms with van der Waals surface area (Å²) in [5.41, 5.74) is 0.625. The third kappa shape index (κ3) is 4.67. The molecule has 0 aliphatic carbocycles. The number of rotatable bonds is 6. The Hall–Kier alpha value is -1.63. The second-order valence-electron chi connectivity index (χ2n) is 5.25. The molecule has 0 N–H and O–H groups in total. The van der Waals surface area contributed by atoms with Gasteiger partial charge in [0.1, 0.15) is 0 Å². The highest BCUT2D eigenvalue weighted by Gasteiger charge is 2.18. The molecule has 124 valence electrons. The molecule has 0 radical (unpaired) electrons. The van der Waals surface area contributed by atoms with E-state index in [1.165, 1.54) is 7.11 Å². The average molecular weight is 358 g/mol. The number of nitrogens with zero attached hydrogens (tertiary/aromatic N) is 3. The van der Waals surface area contributed by atoms with E-state index in [4.69, 9.17) is 32.4 Å². The molecule has 1 heterocycles. The van der Waals surface area contributed by atoms with Gasteiger partial charge in [0.15, 0.2) is 0 Å². The Morgan fingerprint density at radius 2 is 2.13 bits per heavy atom. The van der Waals surface area contributed by atoms with E-state index in [0.29, 0.717) is 40.5 Å². The van der Waals surface area contributed by atoms with E-state index in [2.05, 4.69) is 10.2 Å². The molecule has 23 heavy (non-hydrogen) atoms. The number of ether oxygens (including phenoxy) is 1. The summed E-state index contributed by atoms with van der Waals surface area (Å²) < 4.78 is 10.3. The molecular formula is C15H17Cl2N3O3. The van der Waals surface area contributed by atoms with Gasteiger partial charge in [-0.3, -0.25) is 9.69 Å². The molecule has 0 fully saturated rings. The number of carbonyl (C=O) groups excluding carboxylic acids is 1. The maximum atomic E-state index is 11.4. The van der Waals surface area contributed by atoms with Gasteiger partial charge in [0.2, 0.25) is 11.8 Å². The van der Waals surface area contributed by atoms with Crippen LogP contribution in [0.3, 0.4) is 0 Å². The summed E-state index contributed by atoms with van der Waals surface area (Å²) in [6, 6.07) is 5.05. The van der Waals surface area contributed by atoms with Gasteiger partial charge in [-0.2, -0.15) is 0 Å². The molecular weight excluding hydrogens is 341 g/mol. The molecule has 2 aromatic rings. The summed E-state index contributed by atoms with van der Waals surface area (Å²) >= 11 is 12.0. The number of carbonyl (C=O) groups is 1. The van der Waals surface area contributed by atoms with Gasteiger partial charge in [-0.05, 0) is 25.2 Å². The zero-order chi connectivity index (χ0) is 17.0. The van der Waals surface area contributed by atoms with Crippen molar-refractivity contribution in [1.82, 2.24) is 15.1 Å². The summed E-state index contributed by atoms with van der Waals surface area (Å²) in [4.78, 5) is 13.3. The number of hydrogen-bond acceptors (Lipinski definition) is 6. The summed E-state index contributed by atoms with van der Waals surface area (Å²) in [5.74, 6) is 0.274. The van der Waals surface area contributed by atoms with Crippen molar-refractivity contribution < 1.29 is 13.9 Å². The molecule has 1 atom stereocenters. The lowest BCUT2D eigenvalue weighted by atomic mass is 10.2. The van der Waals surface area contributed by atoms with E-state index in [-0.39, 0.29) is 11.9 Å². The summed E-state index contributed by atoms with van der Waals surface area (Å²) in [7, 11) is 3.23. The van der Waals surface area contributed by atoms with Gasteiger partial charge in [-0.1, -0.05) is 30.1 Å². The number of methoxy groups -OCH3 is 1. The van der Waals surface area contributed by atoms with E-state index < -0.39 is 0 Å². The topological polar surface area (TPSA) is 68.5 Å². The van der Waals surface area contributed by atoms with Crippen molar-refractivity contribution in [3.63, 3.8) is 0 Å². The van der Waals surface area contributed by atoms with Crippen LogP contribution < -0.4 is 0 Å². The summed E-state index contributed by atoms with van der Waals surface area (Å²) in [6.45, 7) is 2.74. The molecule has 2 rings (SSSR count). The minimum atomic E-state index is -0.254. The van der Waals surface area contributed by atoms with Crippen molar-refractivity contribution in [2.75, 3.05) is 20.7 Å². The average Bonchev–Trinajstić information content (AvgIpc) is 2.94. The minimum Gasteiger partial charge on any atom is -0.469 e. The van der Waals surface area contributed by atoms with Gasteiger partial charge in [-0.25, -0.2) is 0 Å². The Bertz CT molecular complexity index is 690. The first-order valence-electron chi connectivity index (χ1n) is 6.95. The molecule has 8 heteroatoms. The number of halogens is 2. The van der Waals surface area contributed by atoms with Crippen LogP contribution in [0.25, 0.3) is 11.5 Å². The van der Waals surface area contributed by atoms with Crippen molar-refractivity contribution in [3.05, 3.63) is 34.1 Å².